The van der Waals surface area contributed by atoms with Crippen LogP contribution in [0.2, 0.25) is 0 Å². The summed E-state index contributed by atoms with van der Waals surface area (Å²) in [6, 6.07) is 8.11. The fourth-order valence-corrected chi connectivity index (χ4v) is 6.11. The fraction of sp³-hybridized carbons (Fsp3) is 0.556. The number of morpholine rings is 1. The molecule has 0 saturated carbocycles. The van der Waals surface area contributed by atoms with Gasteiger partial charge < -0.3 is 14.2 Å². The number of hydrogen-bond donors (Lipinski definition) is 0. The molecule has 0 aliphatic carbocycles. The van der Waals surface area contributed by atoms with Gasteiger partial charge in [0.2, 0.25) is 5.95 Å². The van der Waals surface area contributed by atoms with Gasteiger partial charge in [0.1, 0.15) is 21.5 Å². The maximum atomic E-state index is 11.6. The number of sulfone groups is 1. The molecule has 214 valence electrons. The molecule has 0 spiro atoms. The van der Waals surface area contributed by atoms with Crippen LogP contribution >= 0.6 is 0 Å². The summed E-state index contributed by atoms with van der Waals surface area (Å²) >= 11 is 0. The monoisotopic (exact) mass is 567 g/mol. The number of para-hydroxylation sites is 2. The number of nitrogens with zero attached hydrogens (tertiary/aromatic N) is 9. The van der Waals surface area contributed by atoms with Gasteiger partial charge in [-0.2, -0.15) is 9.97 Å². The molecule has 13 heteroatoms. The van der Waals surface area contributed by atoms with Crippen LogP contribution in [0.25, 0.3) is 28.1 Å². The first-order chi connectivity index (χ1) is 19.3. The molecule has 0 bridgehead atoms. The van der Waals surface area contributed by atoms with Crippen LogP contribution in [0, 0.1) is 0 Å². The predicted octanol–water partition coefficient (Wildman–Crippen LogP) is 1.26. The van der Waals surface area contributed by atoms with Gasteiger partial charge in [0.05, 0.1) is 36.5 Å². The largest absolute Gasteiger partial charge is 0.378 e. The van der Waals surface area contributed by atoms with Crippen LogP contribution in [0.1, 0.15) is 18.6 Å². The molecular weight excluding hydrogens is 530 g/mol. The molecule has 2 fully saturated rings. The Morgan fingerprint density at radius 2 is 1.62 bits per heavy atom. The molecular formula is C27H37N9O3S. The maximum Gasteiger partial charge on any atom is 0.239 e. The van der Waals surface area contributed by atoms with Crippen molar-refractivity contribution in [3.8, 4) is 5.95 Å². The zero-order valence-electron chi connectivity index (χ0n) is 23.5. The zero-order valence-corrected chi connectivity index (χ0v) is 24.3. The second kappa shape index (κ2) is 11.0. The fourth-order valence-electron chi connectivity index (χ4n) is 5.52. The highest BCUT2D eigenvalue weighted by Crippen LogP contribution is 2.28. The standard InChI is InChI=1S/C27H37N9O3S/c1-4-22-28-20-7-5-6-8-21(20)36(22)27-30-25-24(26(31-27)35-13-16-39-17-14-35)29-23(32(25)2)19-34-11-9-33(10-12-34)15-18-40(3,37)38/h5-8H,4,9-19H2,1-3H3. The summed E-state index contributed by atoms with van der Waals surface area (Å²) in [5.74, 6) is 3.50. The number of rotatable bonds is 8. The molecule has 3 aromatic heterocycles. The van der Waals surface area contributed by atoms with Crippen molar-refractivity contribution in [3.05, 3.63) is 35.9 Å². The first-order valence-corrected chi connectivity index (χ1v) is 16.0. The Morgan fingerprint density at radius 1 is 0.900 bits per heavy atom. The molecule has 2 aliphatic heterocycles. The van der Waals surface area contributed by atoms with Crippen LogP contribution in [0.4, 0.5) is 5.82 Å². The molecule has 12 nitrogen and oxygen atoms in total. The lowest BCUT2D eigenvalue weighted by molar-refractivity contribution is 0.122. The number of aromatic nitrogens is 6. The first-order valence-electron chi connectivity index (χ1n) is 14.0. The van der Waals surface area contributed by atoms with E-state index in [4.69, 9.17) is 24.7 Å². The summed E-state index contributed by atoms with van der Waals surface area (Å²) < 4.78 is 32.9. The average Bonchev–Trinajstić information content (AvgIpc) is 3.49. The minimum atomic E-state index is -2.96. The molecule has 6 rings (SSSR count). The van der Waals surface area contributed by atoms with Crippen molar-refractivity contribution in [2.24, 2.45) is 7.05 Å². The number of ether oxygens (including phenoxy) is 1. The van der Waals surface area contributed by atoms with E-state index in [9.17, 15) is 8.42 Å². The van der Waals surface area contributed by atoms with Crippen molar-refractivity contribution < 1.29 is 13.2 Å². The Kier molecular flexibility index (Phi) is 7.46. The van der Waals surface area contributed by atoms with Crippen LogP contribution in [-0.2, 0) is 34.6 Å². The smallest absolute Gasteiger partial charge is 0.239 e. The number of fused-ring (bicyclic) bond motifs is 2. The van der Waals surface area contributed by atoms with Crippen LogP contribution in [-0.4, -0.2) is 118 Å². The SMILES string of the molecule is CCc1nc2ccccc2n1-c1nc(N2CCOCC2)c2nc(CN3CCN(CCS(C)(=O)=O)CC3)n(C)c2n1. The molecule has 0 radical (unpaired) electrons. The summed E-state index contributed by atoms with van der Waals surface area (Å²) in [7, 11) is -0.928. The van der Waals surface area contributed by atoms with Gasteiger partial charge in [-0.3, -0.25) is 14.4 Å². The minimum absolute atomic E-state index is 0.203. The number of anilines is 1. The van der Waals surface area contributed by atoms with E-state index >= 15 is 0 Å². The van der Waals surface area contributed by atoms with E-state index in [1.54, 1.807) is 0 Å². The molecule has 4 aromatic rings. The van der Waals surface area contributed by atoms with E-state index in [0.29, 0.717) is 32.3 Å². The summed E-state index contributed by atoms with van der Waals surface area (Å²) in [5.41, 5.74) is 3.52. The van der Waals surface area contributed by atoms with Crippen molar-refractivity contribution in [3.63, 3.8) is 0 Å². The molecule has 40 heavy (non-hydrogen) atoms. The van der Waals surface area contributed by atoms with Gasteiger partial charge in [-0.15, -0.1) is 0 Å². The lowest BCUT2D eigenvalue weighted by atomic mass is 10.3. The topological polar surface area (TPSA) is 115 Å². The number of hydrogen-bond acceptors (Lipinski definition) is 10. The third kappa shape index (κ3) is 5.42. The quantitative estimate of drug-likeness (QED) is 0.308. The van der Waals surface area contributed by atoms with Gasteiger partial charge in [-0.05, 0) is 12.1 Å². The van der Waals surface area contributed by atoms with Crippen LogP contribution in [0.5, 0.6) is 0 Å². The van der Waals surface area contributed by atoms with Gasteiger partial charge in [0.25, 0.3) is 0 Å². The van der Waals surface area contributed by atoms with E-state index in [1.165, 1.54) is 6.26 Å². The molecule has 2 aliphatic rings. The normalized spacial score (nSPS) is 17.8. The maximum absolute atomic E-state index is 11.6. The second-order valence-electron chi connectivity index (χ2n) is 10.7. The average molecular weight is 568 g/mol. The van der Waals surface area contributed by atoms with Gasteiger partial charge in [0.15, 0.2) is 17.0 Å². The van der Waals surface area contributed by atoms with E-state index in [0.717, 1.165) is 85.4 Å². The number of piperazine rings is 1. The highest BCUT2D eigenvalue weighted by molar-refractivity contribution is 7.90. The second-order valence-corrected chi connectivity index (χ2v) is 12.9. The third-order valence-corrected chi connectivity index (χ3v) is 8.77. The van der Waals surface area contributed by atoms with Gasteiger partial charge in [-0.1, -0.05) is 19.1 Å². The molecule has 0 atom stereocenters. The van der Waals surface area contributed by atoms with Crippen LogP contribution in [0.15, 0.2) is 24.3 Å². The lowest BCUT2D eigenvalue weighted by Gasteiger charge is -2.34. The summed E-state index contributed by atoms with van der Waals surface area (Å²) in [4.78, 5) is 27.0. The number of imidazole rings is 2. The van der Waals surface area contributed by atoms with Gasteiger partial charge in [-0.25, -0.2) is 18.4 Å². The molecule has 1 aromatic carbocycles. The highest BCUT2D eigenvalue weighted by Gasteiger charge is 2.26. The first kappa shape index (κ1) is 27.1. The number of benzene rings is 1. The van der Waals surface area contributed by atoms with Crippen molar-refractivity contribution in [2.75, 3.05) is 75.9 Å². The zero-order chi connectivity index (χ0) is 27.9. The molecule has 5 heterocycles. The van der Waals surface area contributed by atoms with Gasteiger partial charge in [0, 0.05) is 65.5 Å². The number of aryl methyl sites for hydroxylation is 2. The Bertz CT molecular complexity index is 1620. The Hall–Kier alpha value is -3.13. The van der Waals surface area contributed by atoms with Crippen LogP contribution in [0.3, 0.4) is 0 Å². The highest BCUT2D eigenvalue weighted by atomic mass is 32.2. The van der Waals surface area contributed by atoms with E-state index in [-0.39, 0.29) is 5.75 Å². The Morgan fingerprint density at radius 3 is 2.35 bits per heavy atom. The lowest BCUT2D eigenvalue weighted by Crippen LogP contribution is -2.47. The Labute approximate surface area is 234 Å². The molecule has 0 amide bonds. The van der Waals surface area contributed by atoms with Crippen molar-refractivity contribution in [2.45, 2.75) is 19.9 Å². The summed E-state index contributed by atoms with van der Waals surface area (Å²) in [5, 5.41) is 0. The molecule has 0 N–H and O–H groups in total. The summed E-state index contributed by atoms with van der Waals surface area (Å²) in [6.45, 7) is 9.59. The van der Waals surface area contributed by atoms with E-state index < -0.39 is 9.84 Å². The minimum Gasteiger partial charge on any atom is -0.378 e. The van der Waals surface area contributed by atoms with Crippen molar-refractivity contribution >= 4 is 37.9 Å². The third-order valence-electron chi connectivity index (χ3n) is 7.85. The van der Waals surface area contributed by atoms with Crippen LogP contribution < -0.4 is 4.90 Å². The van der Waals surface area contributed by atoms with Crippen molar-refractivity contribution in [1.29, 1.82) is 0 Å². The summed E-state index contributed by atoms with van der Waals surface area (Å²) in [6.07, 6.45) is 2.06. The van der Waals surface area contributed by atoms with Gasteiger partial charge >= 0.3 is 0 Å². The van der Waals surface area contributed by atoms with Crippen molar-refractivity contribution in [1.82, 2.24) is 38.9 Å². The molecule has 2 saturated heterocycles. The predicted molar refractivity (Wildman–Crippen MR) is 155 cm³/mol. The van der Waals surface area contributed by atoms with E-state index in [2.05, 4.69) is 36.8 Å². The van der Waals surface area contributed by atoms with E-state index in [1.807, 2.05) is 25.2 Å². The molecule has 0 unspecified atom stereocenters. The Balaban J connectivity index is 1.34.